The molecule has 0 aliphatic heterocycles. The Hall–Kier alpha value is -1.64. The van der Waals surface area contributed by atoms with Gasteiger partial charge in [-0.3, -0.25) is 4.99 Å². The van der Waals surface area contributed by atoms with Crippen molar-refractivity contribution in [1.29, 1.82) is 0 Å². The van der Waals surface area contributed by atoms with Gasteiger partial charge in [-0.25, -0.2) is 4.79 Å². The Labute approximate surface area is 133 Å². The lowest BCUT2D eigenvalue weighted by atomic mass is 9.71. The zero-order chi connectivity index (χ0) is 16.2. The molecule has 0 radical (unpaired) electrons. The molecule has 1 aliphatic rings. The average Bonchev–Trinajstić information content (AvgIpc) is 2.52. The smallest absolute Gasteiger partial charge is 0.337 e. The molecule has 0 bridgehead atoms. The fraction of sp³-hybridized carbons (Fsp3) is 0.579. The molecule has 0 amide bonds. The second kappa shape index (κ2) is 7.08. The summed E-state index contributed by atoms with van der Waals surface area (Å²) in [5, 5.41) is 0. The third kappa shape index (κ3) is 4.43. The molecule has 2 rings (SSSR count). The molecule has 1 fully saturated rings. The van der Waals surface area contributed by atoms with E-state index in [1.54, 1.807) is 12.1 Å². The number of aliphatic imine (C=N–C) groups is 1. The van der Waals surface area contributed by atoms with Gasteiger partial charge in [0.05, 0.1) is 12.7 Å². The maximum atomic E-state index is 11.4. The van der Waals surface area contributed by atoms with Gasteiger partial charge in [0.2, 0.25) is 0 Å². The summed E-state index contributed by atoms with van der Waals surface area (Å²) >= 11 is 0. The summed E-state index contributed by atoms with van der Waals surface area (Å²) in [4.78, 5) is 16.1. The van der Waals surface area contributed by atoms with Crippen LogP contribution in [0.15, 0.2) is 29.3 Å². The van der Waals surface area contributed by atoms with E-state index in [-0.39, 0.29) is 5.97 Å². The average molecular weight is 301 g/mol. The molecule has 0 saturated heterocycles. The van der Waals surface area contributed by atoms with Crippen LogP contribution in [-0.2, 0) is 4.74 Å². The van der Waals surface area contributed by atoms with Crippen molar-refractivity contribution in [3.05, 3.63) is 35.4 Å². The molecule has 22 heavy (non-hydrogen) atoms. The fourth-order valence-corrected chi connectivity index (χ4v) is 3.11. The lowest BCUT2D eigenvalue weighted by Crippen LogP contribution is -2.27. The van der Waals surface area contributed by atoms with Crippen molar-refractivity contribution < 1.29 is 9.53 Å². The summed E-state index contributed by atoms with van der Waals surface area (Å²) in [6.07, 6.45) is 6.83. The number of ether oxygens (including phenoxy) is 1. The summed E-state index contributed by atoms with van der Waals surface area (Å²) in [5.74, 6) is 0.516. The Morgan fingerprint density at radius 3 is 2.23 bits per heavy atom. The van der Waals surface area contributed by atoms with Crippen LogP contribution in [-0.4, -0.2) is 25.3 Å². The Morgan fingerprint density at radius 1 is 1.14 bits per heavy atom. The minimum atomic E-state index is -0.302. The highest BCUT2D eigenvalue weighted by atomic mass is 16.5. The second-order valence-electron chi connectivity index (χ2n) is 7.26. The number of methoxy groups -OCH3 is 1. The number of nitrogens with zero attached hydrogens (tertiary/aromatic N) is 1. The quantitative estimate of drug-likeness (QED) is 0.609. The van der Waals surface area contributed by atoms with Crippen molar-refractivity contribution >= 4 is 12.2 Å². The van der Waals surface area contributed by atoms with Crippen molar-refractivity contribution in [3.63, 3.8) is 0 Å². The van der Waals surface area contributed by atoms with E-state index < -0.39 is 0 Å². The molecule has 1 aliphatic carbocycles. The highest BCUT2D eigenvalue weighted by Gasteiger charge is 2.29. The van der Waals surface area contributed by atoms with Gasteiger partial charge in [-0.2, -0.15) is 0 Å². The van der Waals surface area contributed by atoms with Crippen molar-refractivity contribution in [1.82, 2.24) is 0 Å². The standard InChI is InChI=1S/C19H27NO2/c1-19(2,3)16-9-11-17(12-10-16)20-13-14-5-7-15(8-6-14)18(21)22-4/h5-8,13,16-17H,9-12H2,1-4H3/b20-13+. The maximum Gasteiger partial charge on any atom is 0.337 e. The number of hydrogen-bond acceptors (Lipinski definition) is 3. The van der Waals surface area contributed by atoms with Crippen LogP contribution in [0, 0.1) is 11.3 Å². The van der Waals surface area contributed by atoms with Gasteiger partial charge in [0.1, 0.15) is 0 Å². The van der Waals surface area contributed by atoms with Crippen molar-refractivity contribution in [2.24, 2.45) is 16.3 Å². The first-order valence-corrected chi connectivity index (χ1v) is 8.11. The van der Waals surface area contributed by atoms with E-state index in [1.807, 2.05) is 18.3 Å². The summed E-state index contributed by atoms with van der Waals surface area (Å²) in [5.41, 5.74) is 2.02. The third-order valence-electron chi connectivity index (χ3n) is 4.69. The lowest BCUT2D eigenvalue weighted by molar-refractivity contribution is 0.0600. The van der Waals surface area contributed by atoms with Crippen molar-refractivity contribution in [2.75, 3.05) is 7.11 Å². The van der Waals surface area contributed by atoms with Gasteiger partial charge in [0, 0.05) is 12.3 Å². The van der Waals surface area contributed by atoms with E-state index in [9.17, 15) is 4.79 Å². The Morgan fingerprint density at radius 2 is 1.73 bits per heavy atom. The first-order valence-electron chi connectivity index (χ1n) is 8.11. The van der Waals surface area contributed by atoms with Crippen LogP contribution in [0.2, 0.25) is 0 Å². The lowest BCUT2D eigenvalue weighted by Gasteiger charge is -2.35. The Kier molecular flexibility index (Phi) is 5.38. The predicted molar refractivity (Wildman–Crippen MR) is 90.6 cm³/mol. The topological polar surface area (TPSA) is 38.7 Å². The van der Waals surface area contributed by atoms with Crippen LogP contribution >= 0.6 is 0 Å². The van der Waals surface area contributed by atoms with Crippen LogP contribution < -0.4 is 0 Å². The van der Waals surface area contributed by atoms with Gasteiger partial charge in [-0.1, -0.05) is 32.9 Å². The molecule has 1 saturated carbocycles. The molecule has 0 atom stereocenters. The molecule has 1 aromatic carbocycles. The Balaban J connectivity index is 1.89. The van der Waals surface area contributed by atoms with E-state index >= 15 is 0 Å². The number of esters is 1. The highest BCUT2D eigenvalue weighted by molar-refractivity contribution is 5.90. The number of carbonyl (C=O) groups excluding carboxylic acids is 1. The van der Waals surface area contributed by atoms with Crippen LogP contribution in [0.25, 0.3) is 0 Å². The summed E-state index contributed by atoms with van der Waals surface area (Å²) in [6, 6.07) is 7.83. The maximum absolute atomic E-state index is 11.4. The third-order valence-corrected chi connectivity index (χ3v) is 4.69. The minimum Gasteiger partial charge on any atom is -0.465 e. The molecule has 1 aromatic rings. The Bertz CT molecular complexity index is 517. The molecular formula is C19H27NO2. The van der Waals surface area contributed by atoms with Gasteiger partial charge in [-0.05, 0) is 54.7 Å². The number of benzene rings is 1. The summed E-state index contributed by atoms with van der Waals surface area (Å²) < 4.78 is 4.70. The number of hydrogen-bond donors (Lipinski definition) is 0. The van der Waals surface area contributed by atoms with E-state index in [2.05, 4.69) is 20.8 Å². The molecule has 0 aromatic heterocycles. The molecule has 0 spiro atoms. The fourth-order valence-electron chi connectivity index (χ4n) is 3.11. The van der Waals surface area contributed by atoms with Crippen LogP contribution in [0.3, 0.4) is 0 Å². The van der Waals surface area contributed by atoms with E-state index in [4.69, 9.17) is 9.73 Å². The monoisotopic (exact) mass is 301 g/mol. The van der Waals surface area contributed by atoms with E-state index in [1.165, 1.54) is 32.8 Å². The van der Waals surface area contributed by atoms with Gasteiger partial charge in [0.25, 0.3) is 0 Å². The van der Waals surface area contributed by atoms with Crippen molar-refractivity contribution in [3.8, 4) is 0 Å². The molecule has 3 nitrogen and oxygen atoms in total. The first kappa shape index (κ1) is 16.7. The molecule has 120 valence electrons. The van der Waals surface area contributed by atoms with Crippen molar-refractivity contribution in [2.45, 2.75) is 52.5 Å². The first-order chi connectivity index (χ1) is 10.4. The number of rotatable bonds is 3. The zero-order valence-electron chi connectivity index (χ0n) is 14.1. The SMILES string of the molecule is COC(=O)c1ccc(/C=N/C2CCC(C(C)(C)C)CC2)cc1. The summed E-state index contributed by atoms with van der Waals surface area (Å²) in [7, 11) is 1.39. The van der Waals surface area contributed by atoms with Crippen LogP contribution in [0.4, 0.5) is 0 Å². The molecular weight excluding hydrogens is 274 g/mol. The minimum absolute atomic E-state index is 0.302. The number of carbonyl (C=O) groups is 1. The molecule has 0 heterocycles. The molecule has 0 unspecified atom stereocenters. The van der Waals surface area contributed by atoms with E-state index in [0.29, 0.717) is 17.0 Å². The largest absolute Gasteiger partial charge is 0.465 e. The van der Waals surface area contributed by atoms with Crippen LogP contribution in [0.5, 0.6) is 0 Å². The molecule has 3 heteroatoms. The highest BCUT2D eigenvalue weighted by Crippen LogP contribution is 2.38. The normalized spacial score (nSPS) is 22.7. The van der Waals surface area contributed by atoms with Gasteiger partial charge in [0.15, 0.2) is 0 Å². The van der Waals surface area contributed by atoms with Gasteiger partial charge >= 0.3 is 5.97 Å². The van der Waals surface area contributed by atoms with Crippen LogP contribution in [0.1, 0.15) is 62.4 Å². The second-order valence-corrected chi connectivity index (χ2v) is 7.26. The molecule has 0 N–H and O–H groups in total. The summed E-state index contributed by atoms with van der Waals surface area (Å²) in [6.45, 7) is 7.01. The predicted octanol–water partition coefficient (Wildman–Crippen LogP) is 4.50. The zero-order valence-corrected chi connectivity index (χ0v) is 14.1. The van der Waals surface area contributed by atoms with E-state index in [0.717, 1.165) is 11.5 Å². The van der Waals surface area contributed by atoms with Gasteiger partial charge < -0.3 is 4.74 Å². The van der Waals surface area contributed by atoms with Gasteiger partial charge in [-0.15, -0.1) is 0 Å².